The smallest absolute Gasteiger partial charge is 0.325 e. The van der Waals surface area contributed by atoms with Gasteiger partial charge in [-0.1, -0.05) is 30.9 Å². The molecule has 3 rings (SSSR count). The molecule has 0 aromatic heterocycles. The summed E-state index contributed by atoms with van der Waals surface area (Å²) in [5, 5.41) is 7.65. The summed E-state index contributed by atoms with van der Waals surface area (Å²) < 4.78 is 0. The Morgan fingerprint density at radius 3 is 2.62 bits per heavy atom. The van der Waals surface area contributed by atoms with Gasteiger partial charge in [0, 0.05) is 6.54 Å². The summed E-state index contributed by atoms with van der Waals surface area (Å²) in [5.74, 6) is -0.969. The third-order valence-corrected chi connectivity index (χ3v) is 6.39. The standard InChI is InChI=1S/C21H32N4O4/c1-21(16-10-6-3-7-11-16)18(27)25(20(29)24-21)14-17(26)23-19(28)22-13-12-15-8-4-2-5-9-15/h8,16H,2-7,9-14H2,1H3,(H,24,29)(H2,22,23,26,28)/t21-/m1/s1. The van der Waals surface area contributed by atoms with Gasteiger partial charge in [-0.2, -0.15) is 0 Å². The Morgan fingerprint density at radius 1 is 1.17 bits per heavy atom. The second kappa shape index (κ2) is 9.41. The molecule has 3 aliphatic rings. The molecular formula is C21H32N4O4. The maximum absolute atomic E-state index is 12.9. The van der Waals surface area contributed by atoms with Crippen LogP contribution >= 0.6 is 0 Å². The Morgan fingerprint density at radius 2 is 1.93 bits per heavy atom. The van der Waals surface area contributed by atoms with Gasteiger partial charge in [-0.05, 0) is 57.8 Å². The maximum Gasteiger partial charge on any atom is 0.325 e. The fourth-order valence-electron chi connectivity index (χ4n) is 4.64. The number of nitrogens with zero attached hydrogens (tertiary/aromatic N) is 1. The summed E-state index contributed by atoms with van der Waals surface area (Å²) >= 11 is 0. The number of urea groups is 2. The molecular weight excluding hydrogens is 372 g/mol. The molecule has 8 nitrogen and oxygen atoms in total. The van der Waals surface area contributed by atoms with Crippen LogP contribution in [0.15, 0.2) is 11.6 Å². The van der Waals surface area contributed by atoms with Crippen LogP contribution in [0.5, 0.6) is 0 Å². The summed E-state index contributed by atoms with van der Waals surface area (Å²) in [6.45, 7) is 1.74. The van der Waals surface area contributed by atoms with E-state index < -0.39 is 30.1 Å². The lowest BCUT2D eigenvalue weighted by atomic mass is 9.75. The topological polar surface area (TPSA) is 108 Å². The molecule has 8 heteroatoms. The van der Waals surface area contributed by atoms with Gasteiger partial charge in [0.1, 0.15) is 12.1 Å². The van der Waals surface area contributed by atoms with Gasteiger partial charge in [0.05, 0.1) is 0 Å². The zero-order chi connectivity index (χ0) is 20.9. The Kier molecular flexibility index (Phi) is 6.92. The van der Waals surface area contributed by atoms with Gasteiger partial charge in [0.25, 0.3) is 5.91 Å². The third kappa shape index (κ3) is 5.16. The summed E-state index contributed by atoms with van der Waals surface area (Å²) in [4.78, 5) is 50.2. The summed E-state index contributed by atoms with van der Waals surface area (Å²) in [6, 6.07) is -1.17. The second-order valence-corrected chi connectivity index (χ2v) is 8.52. The van der Waals surface area contributed by atoms with E-state index in [0.717, 1.165) is 56.3 Å². The first kappa shape index (κ1) is 21.3. The van der Waals surface area contributed by atoms with E-state index in [4.69, 9.17) is 0 Å². The number of nitrogens with one attached hydrogen (secondary N) is 3. The third-order valence-electron chi connectivity index (χ3n) is 6.39. The van der Waals surface area contributed by atoms with E-state index in [1.807, 2.05) is 0 Å². The highest BCUT2D eigenvalue weighted by Crippen LogP contribution is 2.36. The highest BCUT2D eigenvalue weighted by molar-refractivity contribution is 6.10. The molecule has 0 radical (unpaired) electrons. The Balaban J connectivity index is 1.45. The molecule has 0 aromatic carbocycles. The molecule has 0 aromatic rings. The number of allylic oxidation sites excluding steroid dienone is 1. The van der Waals surface area contributed by atoms with Crippen molar-refractivity contribution in [2.45, 2.75) is 76.7 Å². The van der Waals surface area contributed by atoms with Crippen molar-refractivity contribution in [3.05, 3.63) is 11.6 Å². The fourth-order valence-corrected chi connectivity index (χ4v) is 4.64. The van der Waals surface area contributed by atoms with Crippen molar-refractivity contribution in [3.8, 4) is 0 Å². The molecule has 1 aliphatic heterocycles. The number of rotatable bonds is 6. The van der Waals surface area contributed by atoms with Gasteiger partial charge in [0.15, 0.2) is 0 Å². The van der Waals surface area contributed by atoms with Gasteiger partial charge >= 0.3 is 12.1 Å². The van der Waals surface area contributed by atoms with E-state index in [1.165, 1.54) is 18.4 Å². The molecule has 0 spiro atoms. The molecule has 0 unspecified atom stereocenters. The van der Waals surface area contributed by atoms with Crippen LogP contribution in [0.3, 0.4) is 0 Å². The van der Waals surface area contributed by atoms with Crippen molar-refractivity contribution in [1.82, 2.24) is 20.9 Å². The number of carbonyl (C=O) groups excluding carboxylic acids is 4. The average Bonchev–Trinajstić information content (AvgIpc) is 2.93. The maximum atomic E-state index is 12.9. The second-order valence-electron chi connectivity index (χ2n) is 8.52. The van der Waals surface area contributed by atoms with Gasteiger partial charge in [0.2, 0.25) is 5.91 Å². The monoisotopic (exact) mass is 404 g/mol. The van der Waals surface area contributed by atoms with Crippen molar-refractivity contribution in [1.29, 1.82) is 0 Å². The normalized spacial score (nSPS) is 25.4. The lowest BCUT2D eigenvalue weighted by Gasteiger charge is -2.34. The van der Waals surface area contributed by atoms with E-state index in [1.54, 1.807) is 6.92 Å². The number of hydrogen-bond donors (Lipinski definition) is 3. The summed E-state index contributed by atoms with van der Waals surface area (Å²) in [7, 11) is 0. The van der Waals surface area contributed by atoms with Gasteiger partial charge in [-0.25, -0.2) is 9.59 Å². The highest BCUT2D eigenvalue weighted by atomic mass is 16.2. The zero-order valence-corrected chi connectivity index (χ0v) is 17.2. The molecule has 1 saturated carbocycles. The Labute approximate surface area is 171 Å². The van der Waals surface area contributed by atoms with Crippen molar-refractivity contribution >= 4 is 23.9 Å². The molecule has 160 valence electrons. The molecule has 1 saturated heterocycles. The number of amides is 6. The first-order valence-electron chi connectivity index (χ1n) is 10.8. The molecule has 3 N–H and O–H groups in total. The fraction of sp³-hybridized carbons (Fsp3) is 0.714. The molecule has 2 fully saturated rings. The number of imide groups is 2. The van der Waals surface area contributed by atoms with Crippen LogP contribution in [-0.4, -0.2) is 47.4 Å². The van der Waals surface area contributed by atoms with Crippen LogP contribution in [0.1, 0.15) is 71.1 Å². The number of carbonyl (C=O) groups is 4. The van der Waals surface area contributed by atoms with E-state index in [-0.39, 0.29) is 11.8 Å². The highest BCUT2D eigenvalue weighted by Gasteiger charge is 2.52. The van der Waals surface area contributed by atoms with Crippen molar-refractivity contribution in [2.75, 3.05) is 13.1 Å². The van der Waals surface area contributed by atoms with E-state index in [9.17, 15) is 19.2 Å². The van der Waals surface area contributed by atoms with Crippen LogP contribution < -0.4 is 16.0 Å². The lowest BCUT2D eigenvalue weighted by Crippen LogP contribution is -2.51. The minimum atomic E-state index is -0.965. The zero-order valence-electron chi connectivity index (χ0n) is 17.2. The Hall–Kier alpha value is -2.38. The minimum Gasteiger partial charge on any atom is -0.337 e. The van der Waals surface area contributed by atoms with Crippen molar-refractivity contribution < 1.29 is 19.2 Å². The van der Waals surface area contributed by atoms with Crippen LogP contribution in [0.2, 0.25) is 0 Å². The van der Waals surface area contributed by atoms with Gasteiger partial charge < -0.3 is 10.6 Å². The van der Waals surface area contributed by atoms with E-state index in [0.29, 0.717) is 6.54 Å². The van der Waals surface area contributed by atoms with Crippen LogP contribution in [0.4, 0.5) is 9.59 Å². The molecule has 6 amide bonds. The number of hydrogen-bond acceptors (Lipinski definition) is 4. The molecule has 2 aliphatic carbocycles. The van der Waals surface area contributed by atoms with Crippen molar-refractivity contribution in [3.63, 3.8) is 0 Å². The van der Waals surface area contributed by atoms with Crippen LogP contribution in [-0.2, 0) is 9.59 Å². The van der Waals surface area contributed by atoms with Gasteiger partial charge in [-0.3, -0.25) is 19.8 Å². The van der Waals surface area contributed by atoms with Gasteiger partial charge in [-0.15, -0.1) is 0 Å². The molecule has 0 bridgehead atoms. The van der Waals surface area contributed by atoms with E-state index >= 15 is 0 Å². The Bertz CT molecular complexity index is 699. The first-order valence-corrected chi connectivity index (χ1v) is 10.8. The minimum absolute atomic E-state index is 0.0816. The first-order chi connectivity index (χ1) is 13.9. The van der Waals surface area contributed by atoms with Crippen LogP contribution in [0, 0.1) is 5.92 Å². The molecule has 1 heterocycles. The van der Waals surface area contributed by atoms with Crippen LogP contribution in [0.25, 0.3) is 0 Å². The lowest BCUT2D eigenvalue weighted by molar-refractivity contribution is -0.136. The largest absolute Gasteiger partial charge is 0.337 e. The summed E-state index contributed by atoms with van der Waals surface area (Å²) in [5.41, 5.74) is 0.373. The predicted molar refractivity (Wildman–Crippen MR) is 108 cm³/mol. The summed E-state index contributed by atoms with van der Waals surface area (Å²) in [6.07, 6.45) is 12.6. The molecule has 1 atom stereocenters. The quantitative estimate of drug-likeness (QED) is 0.467. The molecule has 29 heavy (non-hydrogen) atoms. The average molecular weight is 405 g/mol. The van der Waals surface area contributed by atoms with E-state index in [2.05, 4.69) is 22.0 Å². The predicted octanol–water partition coefficient (Wildman–Crippen LogP) is 2.59. The SMILES string of the molecule is C[C@]1(C2CCCCC2)NC(=O)N(CC(=O)NC(=O)NCCC2=CCCCC2)C1=O. The van der Waals surface area contributed by atoms with Crippen molar-refractivity contribution in [2.24, 2.45) is 5.92 Å².